The molecule has 2 rings (SSSR count). The van der Waals surface area contributed by atoms with Gasteiger partial charge in [0.15, 0.2) is 0 Å². The summed E-state index contributed by atoms with van der Waals surface area (Å²) in [5.74, 6) is 1.93. The molecular weight excluding hydrogens is 437 g/mol. The molecule has 0 aliphatic rings. The van der Waals surface area contributed by atoms with Crippen molar-refractivity contribution in [3.05, 3.63) is 53.6 Å². The molecule has 3 heteroatoms. The second kappa shape index (κ2) is 7.56. The number of ether oxygens (including phenoxy) is 1. The minimum atomic E-state index is -2.65. The van der Waals surface area contributed by atoms with Crippen LogP contribution in [0.3, 0.4) is 0 Å². The van der Waals surface area contributed by atoms with Crippen LogP contribution in [0.1, 0.15) is 50.7 Å². The van der Waals surface area contributed by atoms with Gasteiger partial charge in [-0.3, -0.25) is 0 Å². The number of methoxy groups -OCH3 is 1. The quantitative estimate of drug-likeness (QED) is 0.691. The van der Waals surface area contributed by atoms with Gasteiger partial charge in [0.05, 0.1) is 0 Å². The molecule has 0 aliphatic carbocycles. The zero-order chi connectivity index (χ0) is 16.3. The Labute approximate surface area is 142 Å². The van der Waals surface area contributed by atoms with Crippen molar-refractivity contribution >= 4 is 6.64 Å². The summed E-state index contributed by atoms with van der Waals surface area (Å²) in [6.07, 6.45) is 0. The first kappa shape index (κ1) is 17.4. The van der Waals surface area contributed by atoms with Crippen molar-refractivity contribution in [2.24, 2.45) is 3.72 Å². The van der Waals surface area contributed by atoms with Crippen LogP contribution < -0.4 is 15.1 Å². The van der Waals surface area contributed by atoms with Crippen molar-refractivity contribution < 1.29 is 26.5 Å². The second-order valence-electron chi connectivity index (χ2n) is 6.23. The first-order valence-electron chi connectivity index (χ1n) is 7.86. The Morgan fingerprint density at radius 2 is 1.41 bits per heavy atom. The fourth-order valence-corrected chi connectivity index (χ4v) is 11.3. The summed E-state index contributed by atoms with van der Waals surface area (Å²) in [5, 5.41) is 0. The molecular formula is C19H26HfNO. The number of para-hydroxylation sites is 1. The normalized spacial score (nSPS) is 11.1. The molecule has 0 saturated carbocycles. The molecule has 22 heavy (non-hydrogen) atoms. The Hall–Kier alpha value is -0.930. The van der Waals surface area contributed by atoms with E-state index in [9.17, 15) is 0 Å². The summed E-state index contributed by atoms with van der Waals surface area (Å²) < 4.78 is 15.2. The predicted molar refractivity (Wildman–Crippen MR) is 91.1 cm³/mol. The molecule has 0 atom stereocenters. The molecule has 0 spiro atoms. The summed E-state index contributed by atoms with van der Waals surface area (Å²) in [5.41, 5.74) is 2.84. The molecule has 0 fully saturated rings. The van der Waals surface area contributed by atoms with Crippen molar-refractivity contribution in [1.29, 1.82) is 0 Å². The Morgan fingerprint density at radius 1 is 0.864 bits per heavy atom. The van der Waals surface area contributed by atoms with Gasteiger partial charge >= 0.3 is 143 Å². The molecule has 0 aliphatic heterocycles. The molecule has 0 saturated heterocycles. The Bertz CT molecular complexity index is 611. The van der Waals surface area contributed by atoms with Crippen LogP contribution >= 0.6 is 0 Å². The predicted octanol–water partition coefficient (Wildman–Crippen LogP) is 3.38. The van der Waals surface area contributed by atoms with Crippen molar-refractivity contribution in [3.8, 4) is 5.75 Å². The first-order chi connectivity index (χ1) is 10.5. The van der Waals surface area contributed by atoms with Gasteiger partial charge in [0.1, 0.15) is 0 Å². The van der Waals surface area contributed by atoms with Gasteiger partial charge in [-0.2, -0.15) is 0 Å². The van der Waals surface area contributed by atoms with Gasteiger partial charge in [-0.25, -0.2) is 0 Å². The fraction of sp³-hybridized carbons (Fsp3) is 0.368. The van der Waals surface area contributed by atoms with Crippen LogP contribution in [-0.4, -0.2) is 7.11 Å². The van der Waals surface area contributed by atoms with Crippen LogP contribution in [0.25, 0.3) is 0 Å². The SMILES string of the molecule is COc1cccc[c]1[Hf]([NH2])[c]1c(C(C)C)cccc1C(C)C. The molecule has 0 radical (unpaired) electrons. The van der Waals surface area contributed by atoms with Crippen molar-refractivity contribution in [3.63, 3.8) is 0 Å². The summed E-state index contributed by atoms with van der Waals surface area (Å²) >= 11 is -2.65. The standard InChI is InChI=1S/C12H17.C7H7O.Hf.H2N/c1-9(2)11-6-5-7-12(8-11)10(3)4;1-8-7-5-3-2-4-6-7;;/h5-7,9-10H,1-4H3;2-5H,1H3;;1H2/q;;+1;-1. The summed E-state index contributed by atoms with van der Waals surface area (Å²) in [4.78, 5) is 0. The maximum absolute atomic E-state index is 6.90. The number of benzene rings is 2. The molecule has 0 unspecified atom stereocenters. The van der Waals surface area contributed by atoms with Crippen LogP contribution in [0.4, 0.5) is 0 Å². The zero-order valence-electron chi connectivity index (χ0n) is 14.2. The molecule has 2 N–H and O–H groups in total. The Kier molecular flexibility index (Phi) is 5.99. The molecule has 117 valence electrons. The fourth-order valence-electron chi connectivity index (χ4n) is 2.86. The van der Waals surface area contributed by atoms with E-state index >= 15 is 0 Å². The third-order valence-corrected chi connectivity index (χ3v) is 11.6. The molecule has 2 nitrogen and oxygen atoms in total. The van der Waals surface area contributed by atoms with E-state index in [1.165, 1.54) is 17.8 Å². The van der Waals surface area contributed by atoms with Crippen LogP contribution in [-0.2, 0) is 21.7 Å². The van der Waals surface area contributed by atoms with Gasteiger partial charge in [0.25, 0.3) is 0 Å². The van der Waals surface area contributed by atoms with Crippen molar-refractivity contribution in [2.45, 2.75) is 39.5 Å². The van der Waals surface area contributed by atoms with Gasteiger partial charge in [-0.15, -0.1) is 0 Å². The average molecular weight is 463 g/mol. The number of hydrogen-bond donors (Lipinski definition) is 1. The van der Waals surface area contributed by atoms with Crippen LogP contribution in [0, 0.1) is 0 Å². The van der Waals surface area contributed by atoms with Crippen molar-refractivity contribution in [2.75, 3.05) is 7.11 Å². The van der Waals surface area contributed by atoms with E-state index in [1.807, 2.05) is 12.1 Å². The average Bonchev–Trinajstić information content (AvgIpc) is 2.53. The second-order valence-corrected chi connectivity index (χ2v) is 12.9. The third-order valence-electron chi connectivity index (χ3n) is 4.04. The molecule has 0 heterocycles. The Morgan fingerprint density at radius 3 is 1.91 bits per heavy atom. The molecule has 2 aromatic carbocycles. The molecule has 0 bridgehead atoms. The van der Waals surface area contributed by atoms with E-state index in [0.717, 1.165) is 5.75 Å². The first-order valence-corrected chi connectivity index (χ1v) is 13.5. The summed E-state index contributed by atoms with van der Waals surface area (Å²) in [7, 11) is 1.73. The van der Waals surface area contributed by atoms with Crippen LogP contribution in [0.2, 0.25) is 0 Å². The maximum atomic E-state index is 6.90. The van der Waals surface area contributed by atoms with Gasteiger partial charge < -0.3 is 0 Å². The zero-order valence-corrected chi connectivity index (χ0v) is 17.8. The third kappa shape index (κ3) is 3.52. The van der Waals surface area contributed by atoms with E-state index in [-0.39, 0.29) is 0 Å². The Balaban J connectivity index is 2.64. The number of nitrogens with two attached hydrogens (primary N) is 1. The van der Waals surface area contributed by atoms with E-state index in [2.05, 4.69) is 58.0 Å². The minimum absolute atomic E-state index is 0.493. The van der Waals surface area contributed by atoms with Gasteiger partial charge in [0, 0.05) is 0 Å². The van der Waals surface area contributed by atoms with Crippen LogP contribution in [0.15, 0.2) is 42.5 Å². The molecule has 0 aromatic heterocycles. The summed E-state index contributed by atoms with van der Waals surface area (Å²) in [6.45, 7) is 9.02. The van der Waals surface area contributed by atoms with Gasteiger partial charge in [0.2, 0.25) is 0 Å². The van der Waals surface area contributed by atoms with Gasteiger partial charge in [-0.1, -0.05) is 0 Å². The number of hydrogen-bond acceptors (Lipinski definition) is 2. The van der Waals surface area contributed by atoms with Crippen molar-refractivity contribution in [1.82, 2.24) is 0 Å². The molecule has 2 aromatic rings. The van der Waals surface area contributed by atoms with E-state index < -0.39 is 21.7 Å². The van der Waals surface area contributed by atoms with E-state index in [1.54, 1.807) is 7.11 Å². The van der Waals surface area contributed by atoms with E-state index in [0.29, 0.717) is 11.8 Å². The van der Waals surface area contributed by atoms with E-state index in [4.69, 9.17) is 8.46 Å². The van der Waals surface area contributed by atoms with Crippen LogP contribution in [0.5, 0.6) is 5.75 Å². The monoisotopic (exact) mass is 464 g/mol. The van der Waals surface area contributed by atoms with Gasteiger partial charge in [-0.05, 0) is 0 Å². The number of rotatable bonds is 5. The topological polar surface area (TPSA) is 35.2 Å². The summed E-state index contributed by atoms with van der Waals surface area (Å²) in [6, 6.07) is 14.9. The molecule has 0 amide bonds.